The fourth-order valence-electron chi connectivity index (χ4n) is 0.982. The Kier molecular flexibility index (Phi) is 3.04. The van der Waals surface area contributed by atoms with Crippen LogP contribution in [0.15, 0.2) is 6.08 Å². The average Bonchev–Trinajstić information content (AvgIpc) is 2.26. The van der Waals surface area contributed by atoms with E-state index in [0.29, 0.717) is 5.92 Å². The largest absolute Gasteiger partial charge is 0.246 e. The van der Waals surface area contributed by atoms with E-state index in [2.05, 4.69) is 37.9 Å². The van der Waals surface area contributed by atoms with Crippen molar-refractivity contribution in [3.63, 3.8) is 0 Å². The molecule has 0 amide bonds. The van der Waals surface area contributed by atoms with E-state index in [-0.39, 0.29) is 0 Å². The molecule has 0 atom stereocenters. The van der Waals surface area contributed by atoms with Crippen LogP contribution in [0.3, 0.4) is 0 Å². The van der Waals surface area contributed by atoms with E-state index in [1.54, 1.807) is 11.3 Å². The Labute approximate surface area is 78.2 Å². The highest BCUT2D eigenvalue weighted by Gasteiger charge is 1.99. The minimum Gasteiger partial charge on any atom is -0.246 e. The molecule has 0 aromatic carbocycles. The minimum atomic E-state index is 0.617. The fourth-order valence-corrected chi connectivity index (χ4v) is 1.82. The highest BCUT2D eigenvalue weighted by molar-refractivity contribution is 7.12. The van der Waals surface area contributed by atoms with Crippen molar-refractivity contribution in [2.24, 2.45) is 5.92 Å². The van der Waals surface area contributed by atoms with E-state index in [0.717, 1.165) is 10.7 Å². The summed E-state index contributed by atoms with van der Waals surface area (Å²) in [7, 11) is 0. The molecule has 1 aromatic heterocycles. The van der Waals surface area contributed by atoms with Gasteiger partial charge in [0.05, 0.1) is 10.7 Å². The van der Waals surface area contributed by atoms with Gasteiger partial charge in [0.2, 0.25) is 0 Å². The molecule has 1 nitrogen and oxygen atoms in total. The van der Waals surface area contributed by atoms with Crippen molar-refractivity contribution in [1.29, 1.82) is 0 Å². The van der Waals surface area contributed by atoms with Gasteiger partial charge < -0.3 is 0 Å². The van der Waals surface area contributed by atoms with E-state index in [4.69, 9.17) is 0 Å². The monoisotopic (exact) mass is 181 g/mol. The van der Waals surface area contributed by atoms with Gasteiger partial charge in [-0.2, -0.15) is 0 Å². The normalized spacial score (nSPS) is 11.8. The molecule has 0 aliphatic heterocycles. The van der Waals surface area contributed by atoms with Crippen molar-refractivity contribution in [3.05, 3.63) is 21.7 Å². The first-order valence-electron chi connectivity index (χ1n) is 4.22. The molecule has 0 unspecified atom stereocenters. The molecule has 0 N–H and O–H groups in total. The van der Waals surface area contributed by atoms with Crippen LogP contribution in [0.2, 0.25) is 0 Å². The van der Waals surface area contributed by atoms with Gasteiger partial charge in [-0.15, -0.1) is 11.3 Å². The molecule has 1 rings (SSSR count). The first-order valence-corrected chi connectivity index (χ1v) is 5.03. The maximum atomic E-state index is 4.36. The van der Waals surface area contributed by atoms with Crippen molar-refractivity contribution in [1.82, 2.24) is 4.98 Å². The Hall–Kier alpha value is -0.630. The van der Waals surface area contributed by atoms with Crippen molar-refractivity contribution in [2.45, 2.75) is 27.7 Å². The Morgan fingerprint density at radius 1 is 1.33 bits per heavy atom. The molecule has 2 heteroatoms. The standard InChI is InChI=1S/C10H15NS/c1-7(2)5-6-10-8(3)11-9(4)12-10/h5-7H,1-4H3. The van der Waals surface area contributed by atoms with E-state index in [1.165, 1.54) is 4.88 Å². The molecule has 0 saturated carbocycles. The third-order valence-electron chi connectivity index (χ3n) is 1.57. The molecule has 0 aliphatic carbocycles. The molecule has 66 valence electrons. The second-order valence-corrected chi connectivity index (χ2v) is 4.52. The van der Waals surface area contributed by atoms with Crippen molar-refractivity contribution < 1.29 is 0 Å². The summed E-state index contributed by atoms with van der Waals surface area (Å²) in [6.07, 6.45) is 4.38. The fraction of sp³-hybridized carbons (Fsp3) is 0.500. The van der Waals surface area contributed by atoms with Crippen LogP contribution in [0.5, 0.6) is 0 Å². The number of rotatable bonds is 2. The third-order valence-corrected chi connectivity index (χ3v) is 2.61. The summed E-state index contributed by atoms with van der Waals surface area (Å²) in [5.74, 6) is 0.617. The van der Waals surface area contributed by atoms with E-state index in [1.807, 2.05) is 6.92 Å². The molecular formula is C10H15NS. The van der Waals surface area contributed by atoms with Crippen LogP contribution in [-0.4, -0.2) is 4.98 Å². The lowest BCUT2D eigenvalue weighted by molar-refractivity contribution is 0.836. The Morgan fingerprint density at radius 2 is 2.00 bits per heavy atom. The van der Waals surface area contributed by atoms with Crippen molar-refractivity contribution in [3.8, 4) is 0 Å². The number of allylic oxidation sites excluding steroid dienone is 1. The van der Waals surface area contributed by atoms with Gasteiger partial charge in [0, 0.05) is 4.88 Å². The second kappa shape index (κ2) is 3.85. The highest BCUT2D eigenvalue weighted by atomic mass is 32.1. The van der Waals surface area contributed by atoms with Crippen LogP contribution in [0.1, 0.15) is 29.4 Å². The minimum absolute atomic E-state index is 0.617. The van der Waals surface area contributed by atoms with Crippen molar-refractivity contribution in [2.75, 3.05) is 0 Å². The van der Waals surface area contributed by atoms with Crippen LogP contribution in [0, 0.1) is 19.8 Å². The number of hydrogen-bond donors (Lipinski definition) is 0. The topological polar surface area (TPSA) is 12.9 Å². The summed E-state index contributed by atoms with van der Waals surface area (Å²) in [6.45, 7) is 8.47. The number of aromatic nitrogens is 1. The van der Waals surface area contributed by atoms with Gasteiger partial charge in [-0.3, -0.25) is 0 Å². The average molecular weight is 181 g/mol. The predicted molar refractivity (Wildman–Crippen MR) is 55.5 cm³/mol. The summed E-state index contributed by atoms with van der Waals surface area (Å²) >= 11 is 1.76. The zero-order valence-corrected chi connectivity index (χ0v) is 8.90. The number of aryl methyl sites for hydroxylation is 2. The predicted octanol–water partition coefficient (Wildman–Crippen LogP) is 3.43. The maximum absolute atomic E-state index is 4.36. The molecule has 1 aromatic rings. The van der Waals surface area contributed by atoms with Gasteiger partial charge in [0.25, 0.3) is 0 Å². The van der Waals surface area contributed by atoms with Gasteiger partial charge in [-0.25, -0.2) is 4.98 Å². The summed E-state index contributed by atoms with van der Waals surface area (Å²) in [5.41, 5.74) is 1.15. The van der Waals surface area contributed by atoms with Gasteiger partial charge >= 0.3 is 0 Å². The summed E-state index contributed by atoms with van der Waals surface area (Å²) in [4.78, 5) is 5.65. The molecular weight excluding hydrogens is 166 g/mol. The zero-order valence-electron chi connectivity index (χ0n) is 8.09. The lowest BCUT2D eigenvalue weighted by Gasteiger charge is -1.92. The lowest BCUT2D eigenvalue weighted by atomic mass is 10.2. The van der Waals surface area contributed by atoms with Gasteiger partial charge in [0.1, 0.15) is 0 Å². The molecule has 0 spiro atoms. The Morgan fingerprint density at radius 3 is 2.42 bits per heavy atom. The summed E-state index contributed by atoms with van der Waals surface area (Å²) in [6, 6.07) is 0. The van der Waals surface area contributed by atoms with E-state index in [9.17, 15) is 0 Å². The highest BCUT2D eigenvalue weighted by Crippen LogP contribution is 2.19. The number of hydrogen-bond acceptors (Lipinski definition) is 2. The SMILES string of the molecule is Cc1nc(C)c(C=CC(C)C)s1. The molecule has 0 saturated heterocycles. The zero-order chi connectivity index (χ0) is 9.14. The molecule has 0 aliphatic rings. The Bertz CT molecular complexity index is 284. The van der Waals surface area contributed by atoms with Crippen LogP contribution < -0.4 is 0 Å². The molecule has 0 radical (unpaired) electrons. The summed E-state index contributed by atoms with van der Waals surface area (Å²) < 4.78 is 0. The van der Waals surface area contributed by atoms with E-state index >= 15 is 0 Å². The number of thiazole rings is 1. The van der Waals surface area contributed by atoms with Crippen LogP contribution in [0.25, 0.3) is 6.08 Å². The lowest BCUT2D eigenvalue weighted by Crippen LogP contribution is -1.77. The first kappa shape index (κ1) is 9.46. The Balaban J connectivity index is 2.81. The summed E-state index contributed by atoms with van der Waals surface area (Å²) in [5, 5.41) is 1.15. The molecule has 0 fully saturated rings. The van der Waals surface area contributed by atoms with Crippen LogP contribution >= 0.6 is 11.3 Å². The van der Waals surface area contributed by atoms with Crippen LogP contribution in [0.4, 0.5) is 0 Å². The molecule has 12 heavy (non-hydrogen) atoms. The van der Waals surface area contributed by atoms with Crippen LogP contribution in [-0.2, 0) is 0 Å². The number of nitrogens with zero attached hydrogens (tertiary/aromatic N) is 1. The van der Waals surface area contributed by atoms with Crippen molar-refractivity contribution >= 4 is 17.4 Å². The first-order chi connectivity index (χ1) is 5.59. The molecule has 0 bridgehead atoms. The quantitative estimate of drug-likeness (QED) is 0.681. The second-order valence-electron chi connectivity index (χ2n) is 3.29. The molecule has 1 heterocycles. The van der Waals surface area contributed by atoms with Gasteiger partial charge in [-0.05, 0) is 25.8 Å². The van der Waals surface area contributed by atoms with Gasteiger partial charge in [-0.1, -0.05) is 19.9 Å². The maximum Gasteiger partial charge on any atom is 0.0903 e. The third kappa shape index (κ3) is 2.45. The van der Waals surface area contributed by atoms with Gasteiger partial charge in [0.15, 0.2) is 0 Å². The van der Waals surface area contributed by atoms with E-state index < -0.39 is 0 Å². The smallest absolute Gasteiger partial charge is 0.0903 e.